The number of hydrogen-bond donors (Lipinski definition) is 2. The van der Waals surface area contributed by atoms with E-state index >= 15 is 0 Å². The normalized spacial score (nSPS) is 13.8. The molecule has 1 heterocycles. The molecule has 2 N–H and O–H groups in total. The third-order valence-electron chi connectivity index (χ3n) is 5.27. The Balaban J connectivity index is 1.78. The van der Waals surface area contributed by atoms with Crippen molar-refractivity contribution in [3.8, 4) is 0 Å². The zero-order valence-corrected chi connectivity index (χ0v) is 18.1. The van der Waals surface area contributed by atoms with E-state index in [1.54, 1.807) is 26.0 Å². The molecule has 0 spiro atoms. The van der Waals surface area contributed by atoms with Gasteiger partial charge in [-0.3, -0.25) is 5.32 Å². The number of rotatable bonds is 7. The lowest BCUT2D eigenvalue weighted by Gasteiger charge is -2.28. The summed E-state index contributed by atoms with van der Waals surface area (Å²) in [7, 11) is 0. The van der Waals surface area contributed by atoms with E-state index in [-0.39, 0.29) is 18.8 Å². The number of esters is 1. The minimum Gasteiger partial charge on any atom is -0.459 e. The molecule has 32 heavy (non-hydrogen) atoms. The first-order valence-electron chi connectivity index (χ1n) is 10.2. The molecule has 0 saturated heterocycles. The second-order valence-corrected chi connectivity index (χ2v) is 7.50. The summed E-state index contributed by atoms with van der Waals surface area (Å²) in [5.74, 6) is -1.32. The molecule has 0 aliphatic carbocycles. The third kappa shape index (κ3) is 5.15. The maximum absolute atomic E-state index is 12.7. The number of benzene rings is 2. The number of hydrogen-bond acceptors (Lipinski definition) is 7. The van der Waals surface area contributed by atoms with Crippen LogP contribution in [-0.2, 0) is 20.9 Å². The Bertz CT molecular complexity index is 1170. The highest BCUT2D eigenvalue weighted by Crippen LogP contribution is 2.29. The van der Waals surface area contributed by atoms with Gasteiger partial charge in [0.1, 0.15) is 12.2 Å². The first kappa shape index (κ1) is 23.0. The van der Waals surface area contributed by atoms with Crippen LogP contribution in [0.5, 0.6) is 0 Å². The number of fused-ring (bicyclic) bond motifs is 1. The molecular formula is C24H25NO7. The van der Waals surface area contributed by atoms with Crippen LogP contribution in [0, 0.1) is 0 Å². The first-order valence-corrected chi connectivity index (χ1v) is 10.2. The summed E-state index contributed by atoms with van der Waals surface area (Å²) in [5.41, 5.74) is -0.610. The molecule has 1 aromatic heterocycles. The standard InChI is InChI=1S/C24H25NO7/c1-4-30-23(28)25-18-10-11-19-17(12-21(26)32-20(19)13-18)14-31-22(27)24(3,29)15(2)16-8-6-5-7-9-16/h5-13,15,29H,4,14H2,1-3H3,(H,25,28)/t15-,24-/m0/s1. The van der Waals surface area contributed by atoms with Crippen LogP contribution in [0.1, 0.15) is 37.8 Å². The Morgan fingerprint density at radius 2 is 1.84 bits per heavy atom. The lowest BCUT2D eigenvalue weighted by Crippen LogP contribution is -2.41. The van der Waals surface area contributed by atoms with Crippen molar-refractivity contribution in [1.29, 1.82) is 0 Å². The quantitative estimate of drug-likeness (QED) is 0.423. The Morgan fingerprint density at radius 1 is 1.12 bits per heavy atom. The zero-order chi connectivity index (χ0) is 23.3. The second kappa shape index (κ2) is 9.65. The molecule has 1 amide bonds. The van der Waals surface area contributed by atoms with E-state index in [0.29, 0.717) is 16.6 Å². The third-order valence-corrected chi connectivity index (χ3v) is 5.27. The van der Waals surface area contributed by atoms with E-state index < -0.39 is 29.2 Å². The summed E-state index contributed by atoms with van der Waals surface area (Å²) in [6.45, 7) is 4.81. The van der Waals surface area contributed by atoms with Crippen molar-refractivity contribution in [2.45, 2.75) is 38.9 Å². The van der Waals surface area contributed by atoms with Gasteiger partial charge in [-0.1, -0.05) is 37.3 Å². The van der Waals surface area contributed by atoms with Crippen LogP contribution >= 0.6 is 0 Å². The predicted molar refractivity (Wildman–Crippen MR) is 118 cm³/mol. The summed E-state index contributed by atoms with van der Waals surface area (Å²) < 4.78 is 15.4. The van der Waals surface area contributed by atoms with Crippen LogP contribution in [0.4, 0.5) is 10.5 Å². The van der Waals surface area contributed by atoms with Gasteiger partial charge in [-0.25, -0.2) is 14.4 Å². The van der Waals surface area contributed by atoms with Gasteiger partial charge in [0.15, 0.2) is 5.60 Å². The van der Waals surface area contributed by atoms with Crippen molar-refractivity contribution < 1.29 is 28.6 Å². The summed E-state index contributed by atoms with van der Waals surface area (Å²) in [4.78, 5) is 36.3. The Kier molecular flexibility index (Phi) is 6.95. The number of amides is 1. The van der Waals surface area contributed by atoms with Gasteiger partial charge in [-0.05, 0) is 31.5 Å². The summed E-state index contributed by atoms with van der Waals surface area (Å²) in [5, 5.41) is 13.9. The minimum absolute atomic E-state index is 0.210. The molecule has 0 aliphatic heterocycles. The van der Waals surface area contributed by atoms with Gasteiger partial charge in [0, 0.05) is 34.7 Å². The summed E-state index contributed by atoms with van der Waals surface area (Å²) >= 11 is 0. The van der Waals surface area contributed by atoms with Crippen molar-refractivity contribution in [3.63, 3.8) is 0 Å². The van der Waals surface area contributed by atoms with Crippen LogP contribution in [0.15, 0.2) is 63.8 Å². The smallest absolute Gasteiger partial charge is 0.411 e. The highest BCUT2D eigenvalue weighted by Gasteiger charge is 2.39. The fraction of sp³-hybridized carbons (Fsp3) is 0.292. The van der Waals surface area contributed by atoms with E-state index in [4.69, 9.17) is 13.9 Å². The Morgan fingerprint density at radius 3 is 2.53 bits per heavy atom. The lowest BCUT2D eigenvalue weighted by atomic mass is 9.85. The number of carbonyl (C=O) groups is 2. The summed E-state index contributed by atoms with van der Waals surface area (Å²) in [6, 6.07) is 15.1. The number of aliphatic hydroxyl groups is 1. The van der Waals surface area contributed by atoms with Crippen LogP contribution in [0.2, 0.25) is 0 Å². The number of nitrogens with one attached hydrogen (secondary N) is 1. The van der Waals surface area contributed by atoms with Crippen LogP contribution < -0.4 is 10.9 Å². The fourth-order valence-electron chi connectivity index (χ4n) is 3.24. The Hall–Kier alpha value is -3.65. The molecule has 2 aromatic carbocycles. The van der Waals surface area contributed by atoms with E-state index in [1.165, 1.54) is 19.1 Å². The largest absolute Gasteiger partial charge is 0.459 e. The van der Waals surface area contributed by atoms with E-state index in [0.717, 1.165) is 5.56 Å². The van der Waals surface area contributed by atoms with Gasteiger partial charge in [0.25, 0.3) is 0 Å². The van der Waals surface area contributed by atoms with Gasteiger partial charge in [-0.2, -0.15) is 0 Å². The monoisotopic (exact) mass is 439 g/mol. The minimum atomic E-state index is -1.77. The molecule has 3 aromatic rings. The van der Waals surface area contributed by atoms with Crippen molar-refractivity contribution in [1.82, 2.24) is 0 Å². The van der Waals surface area contributed by atoms with Crippen LogP contribution in [0.25, 0.3) is 11.0 Å². The van der Waals surface area contributed by atoms with Crippen molar-refractivity contribution in [3.05, 3.63) is 76.1 Å². The highest BCUT2D eigenvalue weighted by molar-refractivity contribution is 5.90. The molecule has 0 aliphatic rings. The Labute approximate surface area is 184 Å². The molecule has 0 fully saturated rings. The molecule has 0 radical (unpaired) electrons. The van der Waals surface area contributed by atoms with Gasteiger partial charge in [-0.15, -0.1) is 0 Å². The van der Waals surface area contributed by atoms with E-state index in [1.807, 2.05) is 30.3 Å². The van der Waals surface area contributed by atoms with Crippen molar-refractivity contribution >= 4 is 28.7 Å². The maximum Gasteiger partial charge on any atom is 0.411 e. The molecule has 168 valence electrons. The summed E-state index contributed by atoms with van der Waals surface area (Å²) in [6.07, 6.45) is -0.631. The van der Waals surface area contributed by atoms with E-state index in [9.17, 15) is 19.5 Å². The molecule has 0 saturated carbocycles. The molecule has 8 nitrogen and oxygen atoms in total. The first-order chi connectivity index (χ1) is 15.2. The number of carbonyl (C=O) groups excluding carboxylic acids is 2. The maximum atomic E-state index is 12.7. The van der Waals surface area contributed by atoms with Gasteiger partial charge in [0.2, 0.25) is 0 Å². The average molecular weight is 439 g/mol. The SMILES string of the molecule is CCOC(=O)Nc1ccc2c(COC(=O)[C@@](C)(O)[C@@H](C)c3ccccc3)cc(=O)oc2c1. The topological polar surface area (TPSA) is 115 Å². The number of ether oxygens (including phenoxy) is 2. The van der Waals surface area contributed by atoms with Crippen LogP contribution in [0.3, 0.4) is 0 Å². The lowest BCUT2D eigenvalue weighted by molar-refractivity contribution is -0.167. The van der Waals surface area contributed by atoms with Gasteiger partial charge >= 0.3 is 17.7 Å². The van der Waals surface area contributed by atoms with E-state index in [2.05, 4.69) is 5.32 Å². The molecule has 8 heteroatoms. The molecule has 0 bridgehead atoms. The van der Waals surface area contributed by atoms with Crippen molar-refractivity contribution in [2.75, 3.05) is 11.9 Å². The second-order valence-electron chi connectivity index (χ2n) is 7.50. The molecule has 2 atom stereocenters. The predicted octanol–water partition coefficient (Wildman–Crippen LogP) is 3.96. The molecule has 3 rings (SSSR count). The molecule has 0 unspecified atom stereocenters. The average Bonchev–Trinajstić information content (AvgIpc) is 2.77. The van der Waals surface area contributed by atoms with Gasteiger partial charge in [0.05, 0.1) is 6.61 Å². The van der Waals surface area contributed by atoms with Crippen molar-refractivity contribution in [2.24, 2.45) is 0 Å². The highest BCUT2D eigenvalue weighted by atomic mass is 16.6. The zero-order valence-electron chi connectivity index (χ0n) is 18.1. The number of anilines is 1. The van der Waals surface area contributed by atoms with Gasteiger partial charge < -0.3 is 19.0 Å². The van der Waals surface area contributed by atoms with Crippen LogP contribution in [-0.4, -0.2) is 29.4 Å². The fourth-order valence-corrected chi connectivity index (χ4v) is 3.24. The molecular weight excluding hydrogens is 414 g/mol.